The van der Waals surface area contributed by atoms with Crippen LogP contribution >= 0.6 is 11.6 Å². The summed E-state index contributed by atoms with van der Waals surface area (Å²) in [4.78, 5) is 27.7. The highest BCUT2D eigenvalue weighted by Crippen LogP contribution is 2.40. The standard InChI is InChI=1S/C38H42ClFN6O4/c1-22-29(5-4-6-31(22)46-32-17-26(40)15-25(38(32)50-3)19-42-21-28-10-12-35(48)45-28)30-13-14-43-37(36(30)39)23-7-8-24(33(16-23)49-2)18-41-20-27-9-11-34(47)44-27/h4-8,13-17,27-28,41-42,46H,9-12,18-21H2,1-3H3,(H,44,47)(H,45,48)/t27-,28+/m0/s1. The first-order chi connectivity index (χ1) is 24.2. The summed E-state index contributed by atoms with van der Waals surface area (Å²) in [6, 6.07) is 16.7. The summed E-state index contributed by atoms with van der Waals surface area (Å²) >= 11 is 7.09. The number of anilines is 2. The maximum atomic E-state index is 14.9. The molecule has 12 heteroatoms. The molecule has 2 amide bonds. The smallest absolute Gasteiger partial charge is 0.220 e. The number of halogens is 2. The van der Waals surface area contributed by atoms with Crippen molar-refractivity contribution in [3.05, 3.63) is 88.3 Å². The number of rotatable bonds is 14. The van der Waals surface area contributed by atoms with Crippen LogP contribution < -0.4 is 36.1 Å². The van der Waals surface area contributed by atoms with Crippen molar-refractivity contribution < 1.29 is 23.5 Å². The number of benzene rings is 3. The van der Waals surface area contributed by atoms with Gasteiger partial charge in [0, 0.05) is 91.3 Å². The Morgan fingerprint density at radius 1 is 0.860 bits per heavy atom. The second-order valence-electron chi connectivity index (χ2n) is 12.7. The zero-order chi connectivity index (χ0) is 35.2. The quantitative estimate of drug-likeness (QED) is 0.108. The van der Waals surface area contributed by atoms with E-state index in [2.05, 4.69) is 31.6 Å². The molecule has 5 N–H and O–H groups in total. The Morgan fingerprint density at radius 3 is 2.20 bits per heavy atom. The summed E-state index contributed by atoms with van der Waals surface area (Å²) in [5, 5.41) is 16.5. The molecule has 50 heavy (non-hydrogen) atoms. The Balaban J connectivity index is 1.21. The van der Waals surface area contributed by atoms with E-state index in [0.717, 1.165) is 46.3 Å². The molecule has 3 heterocycles. The average Bonchev–Trinajstić information content (AvgIpc) is 3.72. The Kier molecular flexibility index (Phi) is 11.2. The van der Waals surface area contributed by atoms with E-state index in [1.54, 1.807) is 20.4 Å². The van der Waals surface area contributed by atoms with E-state index in [4.69, 9.17) is 21.1 Å². The van der Waals surface area contributed by atoms with E-state index < -0.39 is 5.82 Å². The first-order valence-corrected chi connectivity index (χ1v) is 17.2. The Hall–Kier alpha value is -4.71. The van der Waals surface area contributed by atoms with Crippen LogP contribution in [0.15, 0.2) is 60.8 Å². The molecule has 262 valence electrons. The van der Waals surface area contributed by atoms with Crippen LogP contribution in [0.5, 0.6) is 11.5 Å². The number of methoxy groups -OCH3 is 2. The van der Waals surface area contributed by atoms with Gasteiger partial charge in [0.1, 0.15) is 17.3 Å². The molecule has 0 spiro atoms. The number of amides is 2. The van der Waals surface area contributed by atoms with Crippen molar-refractivity contribution in [1.29, 1.82) is 0 Å². The van der Waals surface area contributed by atoms with E-state index >= 15 is 0 Å². The summed E-state index contributed by atoms with van der Waals surface area (Å²) in [7, 11) is 3.20. The maximum absolute atomic E-state index is 14.9. The van der Waals surface area contributed by atoms with Crippen LogP contribution in [0.4, 0.5) is 15.8 Å². The number of aromatic nitrogens is 1. The van der Waals surface area contributed by atoms with Crippen LogP contribution in [0.1, 0.15) is 42.4 Å². The third-order valence-corrected chi connectivity index (χ3v) is 9.64. The lowest BCUT2D eigenvalue weighted by Crippen LogP contribution is -2.35. The van der Waals surface area contributed by atoms with E-state index in [1.807, 2.05) is 49.4 Å². The number of carbonyl (C=O) groups is 2. The molecule has 2 aliphatic heterocycles. The van der Waals surface area contributed by atoms with Crippen LogP contribution in [0.25, 0.3) is 22.4 Å². The van der Waals surface area contributed by atoms with Gasteiger partial charge in [0.2, 0.25) is 11.8 Å². The van der Waals surface area contributed by atoms with Crippen molar-refractivity contribution in [2.45, 2.75) is 57.8 Å². The van der Waals surface area contributed by atoms with Gasteiger partial charge < -0.3 is 36.1 Å². The molecule has 0 radical (unpaired) electrons. The fraction of sp³-hybridized carbons (Fsp3) is 0.342. The second-order valence-corrected chi connectivity index (χ2v) is 13.0. The molecule has 2 aliphatic rings. The van der Waals surface area contributed by atoms with Crippen molar-refractivity contribution in [3.63, 3.8) is 0 Å². The lowest BCUT2D eigenvalue weighted by molar-refractivity contribution is -0.120. The molecule has 2 atom stereocenters. The summed E-state index contributed by atoms with van der Waals surface area (Å²) in [5.74, 6) is 0.998. The highest BCUT2D eigenvalue weighted by molar-refractivity contribution is 6.35. The van der Waals surface area contributed by atoms with Crippen molar-refractivity contribution in [1.82, 2.24) is 26.3 Å². The number of carbonyl (C=O) groups excluding carboxylic acids is 2. The molecule has 2 fully saturated rings. The molecule has 3 aromatic carbocycles. The average molecular weight is 701 g/mol. The number of hydrogen-bond donors (Lipinski definition) is 5. The summed E-state index contributed by atoms with van der Waals surface area (Å²) in [6.07, 6.45) is 4.45. The predicted molar refractivity (Wildman–Crippen MR) is 193 cm³/mol. The molecular formula is C38H42ClFN6O4. The molecule has 1 aromatic heterocycles. The minimum atomic E-state index is -0.394. The van der Waals surface area contributed by atoms with Crippen LogP contribution in [-0.4, -0.2) is 56.2 Å². The van der Waals surface area contributed by atoms with E-state index in [-0.39, 0.29) is 23.9 Å². The highest BCUT2D eigenvalue weighted by Gasteiger charge is 2.22. The SMILES string of the molecule is COc1cc(-c2nccc(-c3cccc(Nc4cc(F)cc(CNC[C@H]5CCC(=O)N5)c4OC)c3C)c2Cl)ccc1CNC[C@@H]1CCC(=O)N1. The van der Waals surface area contributed by atoms with Gasteiger partial charge in [0.25, 0.3) is 0 Å². The molecule has 0 saturated carbocycles. The lowest BCUT2D eigenvalue weighted by atomic mass is 9.97. The van der Waals surface area contributed by atoms with Gasteiger partial charge >= 0.3 is 0 Å². The molecule has 10 nitrogen and oxygen atoms in total. The van der Waals surface area contributed by atoms with Crippen LogP contribution in [0, 0.1) is 12.7 Å². The van der Waals surface area contributed by atoms with Gasteiger partial charge in [-0.15, -0.1) is 0 Å². The van der Waals surface area contributed by atoms with Crippen LogP contribution in [0.2, 0.25) is 5.02 Å². The number of nitrogens with zero attached hydrogens (tertiary/aromatic N) is 1. The first-order valence-electron chi connectivity index (χ1n) is 16.8. The van der Waals surface area contributed by atoms with E-state index in [9.17, 15) is 14.0 Å². The van der Waals surface area contributed by atoms with E-state index in [0.29, 0.717) is 72.5 Å². The van der Waals surface area contributed by atoms with Gasteiger partial charge in [-0.3, -0.25) is 14.6 Å². The van der Waals surface area contributed by atoms with Crippen molar-refractivity contribution in [3.8, 4) is 33.9 Å². The van der Waals surface area contributed by atoms with Crippen molar-refractivity contribution >= 4 is 34.8 Å². The largest absolute Gasteiger partial charge is 0.496 e. The third kappa shape index (κ3) is 8.01. The summed E-state index contributed by atoms with van der Waals surface area (Å²) < 4.78 is 26.4. The predicted octanol–water partition coefficient (Wildman–Crippen LogP) is 6.01. The Labute approximate surface area is 296 Å². The minimum absolute atomic E-state index is 0.0559. The molecule has 0 unspecified atom stereocenters. The van der Waals surface area contributed by atoms with E-state index in [1.165, 1.54) is 12.1 Å². The monoisotopic (exact) mass is 700 g/mol. The summed E-state index contributed by atoms with van der Waals surface area (Å²) in [5.41, 5.74) is 6.95. The Morgan fingerprint density at radius 2 is 1.56 bits per heavy atom. The number of nitrogens with one attached hydrogen (secondary N) is 5. The zero-order valence-corrected chi connectivity index (χ0v) is 29.2. The lowest BCUT2D eigenvalue weighted by Gasteiger charge is -2.19. The van der Waals surface area contributed by atoms with Crippen molar-refractivity contribution in [2.24, 2.45) is 0 Å². The fourth-order valence-electron chi connectivity index (χ4n) is 6.64. The Bertz CT molecular complexity index is 1890. The number of pyridine rings is 1. The highest BCUT2D eigenvalue weighted by atomic mass is 35.5. The third-order valence-electron chi connectivity index (χ3n) is 9.26. The summed E-state index contributed by atoms with van der Waals surface area (Å²) in [6.45, 7) is 4.22. The van der Waals surface area contributed by atoms with Gasteiger partial charge in [-0.2, -0.15) is 0 Å². The van der Waals surface area contributed by atoms with Gasteiger partial charge in [0.15, 0.2) is 0 Å². The molecule has 2 saturated heterocycles. The normalized spacial score (nSPS) is 17.1. The number of ether oxygens (including phenoxy) is 2. The maximum Gasteiger partial charge on any atom is 0.220 e. The van der Waals surface area contributed by atoms with Crippen molar-refractivity contribution in [2.75, 3.05) is 32.6 Å². The molecule has 0 bridgehead atoms. The zero-order valence-electron chi connectivity index (χ0n) is 28.4. The first kappa shape index (κ1) is 35.1. The molecule has 4 aromatic rings. The minimum Gasteiger partial charge on any atom is -0.496 e. The van der Waals surface area contributed by atoms with Gasteiger partial charge in [0.05, 0.1) is 30.6 Å². The topological polar surface area (TPSA) is 126 Å². The molecule has 0 aliphatic carbocycles. The molecule has 6 rings (SSSR count). The fourth-order valence-corrected chi connectivity index (χ4v) is 6.96. The van der Waals surface area contributed by atoms with Crippen LogP contribution in [-0.2, 0) is 22.7 Å². The van der Waals surface area contributed by atoms with Gasteiger partial charge in [-0.05, 0) is 55.2 Å². The van der Waals surface area contributed by atoms with Gasteiger partial charge in [-0.1, -0.05) is 35.9 Å². The van der Waals surface area contributed by atoms with Crippen LogP contribution in [0.3, 0.4) is 0 Å². The molecular weight excluding hydrogens is 659 g/mol. The number of hydrogen-bond acceptors (Lipinski definition) is 8. The second kappa shape index (κ2) is 15.9. The van der Waals surface area contributed by atoms with Gasteiger partial charge in [-0.25, -0.2) is 4.39 Å².